The third-order valence-corrected chi connectivity index (χ3v) is 8.82. The summed E-state index contributed by atoms with van der Waals surface area (Å²) in [6, 6.07) is 11.6. The molecule has 0 amide bonds. The first-order chi connectivity index (χ1) is 19.2. The van der Waals surface area contributed by atoms with E-state index in [2.05, 4.69) is 66.5 Å². The smallest absolute Gasteiger partial charge is 0.232 e. The summed E-state index contributed by atoms with van der Waals surface area (Å²) in [5, 5.41) is 14.6. The van der Waals surface area contributed by atoms with Crippen LogP contribution in [-0.4, -0.2) is 66.8 Å². The van der Waals surface area contributed by atoms with Crippen molar-refractivity contribution < 1.29 is 0 Å². The van der Waals surface area contributed by atoms with Gasteiger partial charge in [0.1, 0.15) is 0 Å². The van der Waals surface area contributed by atoms with Crippen molar-refractivity contribution >= 4 is 17.8 Å². The van der Waals surface area contributed by atoms with E-state index in [1.54, 1.807) is 0 Å². The first-order valence-corrected chi connectivity index (χ1v) is 15.5. The second-order valence-corrected chi connectivity index (χ2v) is 11.8. The molecule has 0 radical (unpaired) electrons. The topological polar surface area (TPSA) is 116 Å². The summed E-state index contributed by atoms with van der Waals surface area (Å²) in [6.07, 6.45) is 13.3. The molecule has 214 valence electrons. The molecule has 5 rings (SSSR count). The molecule has 0 spiro atoms. The van der Waals surface area contributed by atoms with E-state index in [1.165, 1.54) is 69.8 Å². The van der Waals surface area contributed by atoms with Crippen molar-refractivity contribution in [2.24, 2.45) is 11.8 Å². The van der Waals surface area contributed by atoms with Crippen LogP contribution < -0.4 is 31.9 Å². The molecule has 3 fully saturated rings. The van der Waals surface area contributed by atoms with Gasteiger partial charge in [0.2, 0.25) is 17.8 Å². The lowest BCUT2D eigenvalue weighted by atomic mass is 9.82. The van der Waals surface area contributed by atoms with Crippen LogP contribution in [0.2, 0.25) is 0 Å². The fourth-order valence-corrected chi connectivity index (χ4v) is 6.45. The number of anilines is 3. The molecule has 1 atom stereocenters. The summed E-state index contributed by atoms with van der Waals surface area (Å²) in [7, 11) is 0. The van der Waals surface area contributed by atoms with Crippen molar-refractivity contribution in [3.8, 4) is 0 Å². The standard InChI is InChI=1S/C30H49N9/c31-28-36-29(38-30(37-28)39-19-18-34-27(22-39)25-8-3-1-4-9-25)35-21-24-14-12-23(13-15-24)20-32-16-7-17-33-26-10-5-2-6-11-26/h1,3-4,8-9,23-24,26-27,32-34H,2,5-7,10-22H2,(H3,31,35,36,37,38). The Morgan fingerprint density at radius 1 is 0.872 bits per heavy atom. The number of piperazine rings is 1. The Morgan fingerprint density at radius 3 is 2.44 bits per heavy atom. The maximum absolute atomic E-state index is 6.10. The maximum atomic E-state index is 6.10. The highest BCUT2D eigenvalue weighted by Crippen LogP contribution is 2.29. The third kappa shape index (κ3) is 8.75. The molecular formula is C30H49N9. The number of rotatable bonds is 12. The Kier molecular flexibility index (Phi) is 10.6. The summed E-state index contributed by atoms with van der Waals surface area (Å²) >= 11 is 0. The zero-order valence-electron chi connectivity index (χ0n) is 23.6. The van der Waals surface area contributed by atoms with Crippen molar-refractivity contribution in [1.29, 1.82) is 0 Å². The molecule has 0 bridgehead atoms. The van der Waals surface area contributed by atoms with Gasteiger partial charge in [0.05, 0.1) is 0 Å². The second-order valence-electron chi connectivity index (χ2n) is 11.8. The van der Waals surface area contributed by atoms with E-state index in [4.69, 9.17) is 10.7 Å². The summed E-state index contributed by atoms with van der Waals surface area (Å²) < 4.78 is 0. The molecule has 1 aromatic carbocycles. The minimum absolute atomic E-state index is 0.247. The summed E-state index contributed by atoms with van der Waals surface area (Å²) in [5.74, 6) is 3.00. The van der Waals surface area contributed by atoms with Crippen molar-refractivity contribution in [3.05, 3.63) is 35.9 Å². The molecule has 1 saturated heterocycles. The van der Waals surface area contributed by atoms with E-state index in [1.807, 2.05) is 0 Å². The second kappa shape index (κ2) is 14.8. The molecule has 1 unspecified atom stereocenters. The zero-order valence-corrected chi connectivity index (χ0v) is 23.6. The normalized spacial score (nSPS) is 24.5. The zero-order chi connectivity index (χ0) is 26.7. The van der Waals surface area contributed by atoms with Crippen molar-refractivity contribution in [3.63, 3.8) is 0 Å². The van der Waals surface area contributed by atoms with Crippen molar-refractivity contribution in [2.75, 3.05) is 61.8 Å². The average molecular weight is 536 g/mol. The Bertz CT molecular complexity index is 974. The van der Waals surface area contributed by atoms with E-state index in [0.717, 1.165) is 57.8 Å². The average Bonchev–Trinajstić information content (AvgIpc) is 2.99. The predicted octanol–water partition coefficient (Wildman–Crippen LogP) is 3.73. The molecule has 2 heterocycles. The quantitative estimate of drug-likeness (QED) is 0.259. The Morgan fingerprint density at radius 2 is 1.64 bits per heavy atom. The first-order valence-electron chi connectivity index (χ1n) is 15.5. The van der Waals surface area contributed by atoms with Gasteiger partial charge in [-0.3, -0.25) is 0 Å². The fraction of sp³-hybridized carbons (Fsp3) is 0.700. The molecular weight excluding hydrogens is 486 g/mol. The van der Waals surface area contributed by atoms with Crippen LogP contribution in [0.15, 0.2) is 30.3 Å². The number of nitrogens with zero attached hydrogens (tertiary/aromatic N) is 4. The van der Waals surface area contributed by atoms with Crippen LogP contribution in [0, 0.1) is 11.8 Å². The van der Waals surface area contributed by atoms with Gasteiger partial charge in [-0.2, -0.15) is 15.0 Å². The first kappa shape index (κ1) is 28.1. The number of nitrogens with two attached hydrogens (primary N) is 1. The van der Waals surface area contributed by atoms with Crippen LogP contribution in [0.4, 0.5) is 17.8 Å². The number of benzene rings is 1. The van der Waals surface area contributed by atoms with Gasteiger partial charge in [0.15, 0.2) is 0 Å². The molecule has 2 aromatic rings. The van der Waals surface area contributed by atoms with E-state index in [0.29, 0.717) is 17.8 Å². The van der Waals surface area contributed by atoms with Crippen molar-refractivity contribution in [1.82, 2.24) is 30.9 Å². The Labute approximate surface area is 234 Å². The van der Waals surface area contributed by atoms with Gasteiger partial charge in [0, 0.05) is 38.3 Å². The van der Waals surface area contributed by atoms with Crippen LogP contribution in [-0.2, 0) is 0 Å². The van der Waals surface area contributed by atoms with Gasteiger partial charge in [-0.15, -0.1) is 0 Å². The number of hydrogen-bond donors (Lipinski definition) is 5. The van der Waals surface area contributed by atoms with Gasteiger partial charge in [-0.05, 0) is 82.0 Å². The van der Waals surface area contributed by atoms with Crippen LogP contribution in [0.3, 0.4) is 0 Å². The van der Waals surface area contributed by atoms with E-state index in [-0.39, 0.29) is 12.0 Å². The van der Waals surface area contributed by atoms with Gasteiger partial charge in [-0.25, -0.2) is 0 Å². The predicted molar refractivity (Wildman–Crippen MR) is 160 cm³/mol. The lowest BCUT2D eigenvalue weighted by Crippen LogP contribution is -2.46. The highest BCUT2D eigenvalue weighted by Gasteiger charge is 2.24. The third-order valence-electron chi connectivity index (χ3n) is 8.82. The highest BCUT2D eigenvalue weighted by atomic mass is 15.3. The Balaban J connectivity index is 0.994. The summed E-state index contributed by atoms with van der Waals surface area (Å²) in [4.78, 5) is 15.8. The van der Waals surface area contributed by atoms with Gasteiger partial charge >= 0.3 is 0 Å². The van der Waals surface area contributed by atoms with Crippen molar-refractivity contribution in [2.45, 2.75) is 76.3 Å². The summed E-state index contributed by atoms with van der Waals surface area (Å²) in [5.41, 5.74) is 7.38. The maximum Gasteiger partial charge on any atom is 0.232 e. The molecule has 2 saturated carbocycles. The molecule has 3 aliphatic rings. The van der Waals surface area contributed by atoms with E-state index < -0.39 is 0 Å². The number of nitrogen functional groups attached to an aromatic ring is 1. The minimum atomic E-state index is 0.247. The minimum Gasteiger partial charge on any atom is -0.368 e. The highest BCUT2D eigenvalue weighted by molar-refractivity contribution is 5.43. The van der Waals surface area contributed by atoms with Gasteiger partial charge in [-0.1, -0.05) is 49.6 Å². The van der Waals surface area contributed by atoms with E-state index in [9.17, 15) is 0 Å². The number of nitrogens with one attached hydrogen (secondary N) is 4. The summed E-state index contributed by atoms with van der Waals surface area (Å²) in [6.45, 7) is 6.87. The Hall–Kier alpha value is -2.49. The molecule has 6 N–H and O–H groups in total. The lowest BCUT2D eigenvalue weighted by molar-refractivity contribution is 0.275. The molecule has 9 nitrogen and oxygen atoms in total. The van der Waals surface area contributed by atoms with E-state index >= 15 is 0 Å². The van der Waals surface area contributed by atoms with Crippen LogP contribution >= 0.6 is 0 Å². The molecule has 1 aliphatic heterocycles. The number of hydrogen-bond acceptors (Lipinski definition) is 9. The van der Waals surface area contributed by atoms with Gasteiger partial charge in [0.25, 0.3) is 0 Å². The molecule has 9 heteroatoms. The van der Waals surface area contributed by atoms with Crippen LogP contribution in [0.5, 0.6) is 0 Å². The van der Waals surface area contributed by atoms with Crippen LogP contribution in [0.25, 0.3) is 0 Å². The lowest BCUT2D eigenvalue weighted by Gasteiger charge is -2.34. The van der Waals surface area contributed by atoms with Gasteiger partial charge < -0.3 is 31.9 Å². The molecule has 39 heavy (non-hydrogen) atoms. The fourth-order valence-electron chi connectivity index (χ4n) is 6.45. The SMILES string of the molecule is Nc1nc(NCC2CCC(CNCCCNC3CCCCC3)CC2)nc(N2CCNC(c3ccccc3)C2)n1. The van der Waals surface area contributed by atoms with Crippen LogP contribution in [0.1, 0.15) is 75.8 Å². The largest absolute Gasteiger partial charge is 0.368 e. The molecule has 1 aromatic heterocycles. The monoisotopic (exact) mass is 535 g/mol. The number of aromatic nitrogens is 3. The molecule has 2 aliphatic carbocycles.